The van der Waals surface area contributed by atoms with E-state index in [2.05, 4.69) is 162 Å². The first kappa shape index (κ1) is 33.6. The second kappa shape index (κ2) is 16.2. The van der Waals surface area contributed by atoms with E-state index >= 15 is 0 Å². The van der Waals surface area contributed by atoms with Crippen LogP contribution in [0.25, 0.3) is 6.08 Å². The molecule has 236 valence electrons. The minimum atomic E-state index is -0.106. The van der Waals surface area contributed by atoms with Crippen LogP contribution < -0.4 is 10.2 Å². The summed E-state index contributed by atoms with van der Waals surface area (Å²) in [6, 6.07) is 9.03. The summed E-state index contributed by atoms with van der Waals surface area (Å²) in [5.74, 6) is 2.20. The van der Waals surface area contributed by atoms with Crippen LogP contribution in [0.1, 0.15) is 89.4 Å². The molecule has 0 saturated heterocycles. The summed E-state index contributed by atoms with van der Waals surface area (Å²) >= 11 is 0. The molecule has 3 heteroatoms. The van der Waals surface area contributed by atoms with Crippen LogP contribution >= 0.6 is 0 Å². The van der Waals surface area contributed by atoms with Gasteiger partial charge in [-0.15, -0.1) is 0 Å². The summed E-state index contributed by atoms with van der Waals surface area (Å²) in [5.41, 5.74) is 8.45. The van der Waals surface area contributed by atoms with Gasteiger partial charge in [-0.2, -0.15) is 0 Å². The lowest BCUT2D eigenvalue weighted by Crippen LogP contribution is -2.24. The van der Waals surface area contributed by atoms with Crippen LogP contribution in [0.5, 0.6) is 0 Å². The predicted molar refractivity (Wildman–Crippen MR) is 197 cm³/mol. The number of unbranched alkanes of at least 4 members (excludes halogenated alkanes) is 1. The van der Waals surface area contributed by atoms with E-state index in [-0.39, 0.29) is 11.3 Å². The van der Waals surface area contributed by atoms with E-state index in [0.29, 0.717) is 0 Å². The van der Waals surface area contributed by atoms with Gasteiger partial charge in [0.2, 0.25) is 0 Å². The third-order valence-corrected chi connectivity index (χ3v) is 8.90. The number of anilines is 2. The molecule has 0 radical (unpaired) electrons. The monoisotopic (exact) mass is 600 g/mol. The van der Waals surface area contributed by atoms with E-state index < -0.39 is 0 Å². The minimum Gasteiger partial charge on any atom is -0.459 e. The Bertz CT molecular complexity index is 1550. The molecule has 1 aromatic carbocycles. The molecule has 1 aliphatic carbocycles. The fraction of sp³-hybridized carbons (Fsp3) is 0.333. The van der Waals surface area contributed by atoms with Gasteiger partial charge in [0.25, 0.3) is 0 Å². The SMILES string of the molecule is C=C/C(=C\C)C(C)(C)c1ccc(N(C/C=C\C(C)=C/C)C2=CCC(c3oc4c(c3C/C=C\C=C/CCC)NCC=C4)C=C2)cc1. The molecule has 4 rings (SSSR count). The van der Waals surface area contributed by atoms with E-state index in [9.17, 15) is 0 Å². The minimum absolute atomic E-state index is 0.106. The molecule has 2 heterocycles. The highest BCUT2D eigenvalue weighted by molar-refractivity contribution is 5.71. The van der Waals surface area contributed by atoms with Crippen LogP contribution in [0.4, 0.5) is 11.4 Å². The zero-order valence-electron chi connectivity index (χ0n) is 28.3. The standard InChI is InChI=1S/C42H52N2O/c1-8-12-13-14-15-16-20-38-40-39(21-17-30-43-40)45-41(38)33-22-26-36(27-23-33)44(31-18-19-32(5)9-2)37-28-24-35(25-29-37)42(6,7)34(10-3)11-4/h9-11,13-19,21-22,24-29,33,43H,3,8,12,20,23,30-31H2,1-2,4-7H3/b14-13-,16-15-,19-18-,32-9-,34-11+. The third kappa shape index (κ3) is 8.28. The van der Waals surface area contributed by atoms with Crippen LogP contribution in [0, 0.1) is 0 Å². The number of hydrogen-bond acceptors (Lipinski definition) is 3. The van der Waals surface area contributed by atoms with E-state index in [4.69, 9.17) is 4.42 Å². The van der Waals surface area contributed by atoms with Crippen molar-refractivity contribution in [3.05, 3.63) is 149 Å². The lowest BCUT2D eigenvalue weighted by molar-refractivity contribution is 0.478. The van der Waals surface area contributed by atoms with Crippen molar-refractivity contribution >= 4 is 17.5 Å². The molecule has 2 aliphatic rings. The van der Waals surface area contributed by atoms with Crippen molar-refractivity contribution in [2.24, 2.45) is 0 Å². The van der Waals surface area contributed by atoms with Crippen molar-refractivity contribution in [3.63, 3.8) is 0 Å². The van der Waals surface area contributed by atoms with E-state index in [1.165, 1.54) is 40.1 Å². The Kier molecular flexibility index (Phi) is 12.1. The average Bonchev–Trinajstić information content (AvgIpc) is 3.43. The van der Waals surface area contributed by atoms with Crippen molar-refractivity contribution in [2.45, 2.75) is 78.6 Å². The molecular formula is C42H52N2O. The Balaban J connectivity index is 1.60. The zero-order valence-corrected chi connectivity index (χ0v) is 28.3. The molecular weight excluding hydrogens is 548 g/mol. The summed E-state index contributed by atoms with van der Waals surface area (Å²) in [7, 11) is 0. The maximum absolute atomic E-state index is 6.51. The molecule has 0 amide bonds. The van der Waals surface area contributed by atoms with E-state index in [1.807, 2.05) is 6.08 Å². The molecule has 0 spiro atoms. The number of allylic oxidation sites excluding steroid dienone is 13. The molecule has 3 nitrogen and oxygen atoms in total. The number of benzene rings is 1. The molecule has 2 aromatic rings. The molecule has 0 bridgehead atoms. The van der Waals surface area contributed by atoms with Crippen molar-refractivity contribution in [3.8, 4) is 0 Å². The third-order valence-electron chi connectivity index (χ3n) is 8.90. The number of furan rings is 1. The molecule has 1 aromatic heterocycles. The highest BCUT2D eigenvalue weighted by atomic mass is 16.3. The molecule has 1 N–H and O–H groups in total. The van der Waals surface area contributed by atoms with Gasteiger partial charge in [0, 0.05) is 41.4 Å². The number of hydrogen-bond donors (Lipinski definition) is 1. The van der Waals surface area contributed by atoms with Gasteiger partial charge in [0.05, 0.1) is 5.69 Å². The number of rotatable bonds is 14. The lowest BCUT2D eigenvalue weighted by Gasteiger charge is -2.30. The summed E-state index contributed by atoms with van der Waals surface area (Å²) in [6.07, 6.45) is 34.7. The van der Waals surface area contributed by atoms with Crippen LogP contribution in [0.2, 0.25) is 0 Å². The smallest absolute Gasteiger partial charge is 0.150 e. The van der Waals surface area contributed by atoms with Gasteiger partial charge < -0.3 is 14.6 Å². The highest BCUT2D eigenvalue weighted by Gasteiger charge is 2.27. The van der Waals surface area contributed by atoms with Crippen LogP contribution in [0.15, 0.2) is 131 Å². The van der Waals surface area contributed by atoms with Crippen LogP contribution in [-0.4, -0.2) is 13.1 Å². The van der Waals surface area contributed by atoms with Gasteiger partial charge in [0.15, 0.2) is 0 Å². The maximum atomic E-state index is 6.51. The van der Waals surface area contributed by atoms with Gasteiger partial charge >= 0.3 is 0 Å². The summed E-state index contributed by atoms with van der Waals surface area (Å²) in [5, 5.41) is 3.57. The highest BCUT2D eigenvalue weighted by Crippen LogP contribution is 2.40. The second-order valence-electron chi connectivity index (χ2n) is 12.3. The number of nitrogens with zero attached hydrogens (tertiary/aromatic N) is 1. The first-order valence-corrected chi connectivity index (χ1v) is 16.6. The molecule has 0 fully saturated rings. The van der Waals surface area contributed by atoms with Crippen LogP contribution in [-0.2, 0) is 11.8 Å². The lowest BCUT2D eigenvalue weighted by atomic mass is 9.77. The Morgan fingerprint density at radius 2 is 1.84 bits per heavy atom. The fourth-order valence-electron chi connectivity index (χ4n) is 6.01. The normalized spacial score (nSPS) is 17.3. The topological polar surface area (TPSA) is 28.4 Å². The summed E-state index contributed by atoms with van der Waals surface area (Å²) in [6.45, 7) is 18.7. The Labute approximate surface area is 272 Å². The number of nitrogens with one attached hydrogen (secondary N) is 1. The Morgan fingerprint density at radius 1 is 1.07 bits per heavy atom. The molecule has 1 unspecified atom stereocenters. The van der Waals surface area contributed by atoms with Crippen LogP contribution in [0.3, 0.4) is 0 Å². The van der Waals surface area contributed by atoms with Crippen molar-refractivity contribution < 1.29 is 4.42 Å². The van der Waals surface area contributed by atoms with Crippen molar-refractivity contribution in [2.75, 3.05) is 23.3 Å². The summed E-state index contributed by atoms with van der Waals surface area (Å²) < 4.78 is 6.51. The largest absolute Gasteiger partial charge is 0.459 e. The Morgan fingerprint density at radius 3 is 2.51 bits per heavy atom. The van der Waals surface area contributed by atoms with Gasteiger partial charge in [-0.1, -0.05) is 124 Å². The van der Waals surface area contributed by atoms with E-state index in [1.54, 1.807) is 0 Å². The van der Waals surface area contributed by atoms with Gasteiger partial charge in [0.1, 0.15) is 11.5 Å². The Hall–Kier alpha value is -4.24. The van der Waals surface area contributed by atoms with Gasteiger partial charge in [-0.05, 0) is 75.5 Å². The van der Waals surface area contributed by atoms with Gasteiger partial charge in [-0.25, -0.2) is 0 Å². The van der Waals surface area contributed by atoms with Crippen molar-refractivity contribution in [1.82, 2.24) is 0 Å². The predicted octanol–water partition coefficient (Wildman–Crippen LogP) is 11.5. The number of fused-ring (bicyclic) bond motifs is 1. The van der Waals surface area contributed by atoms with E-state index in [0.717, 1.165) is 49.6 Å². The molecule has 1 aliphatic heterocycles. The second-order valence-corrected chi connectivity index (χ2v) is 12.3. The molecule has 1 atom stereocenters. The van der Waals surface area contributed by atoms with Crippen molar-refractivity contribution in [1.29, 1.82) is 0 Å². The average molecular weight is 601 g/mol. The molecule has 0 saturated carbocycles. The first-order chi connectivity index (χ1) is 21.8. The fourth-order valence-corrected chi connectivity index (χ4v) is 6.01. The quantitative estimate of drug-likeness (QED) is 0.219. The first-order valence-electron chi connectivity index (χ1n) is 16.6. The summed E-state index contributed by atoms with van der Waals surface area (Å²) in [4.78, 5) is 2.40. The maximum Gasteiger partial charge on any atom is 0.150 e. The zero-order chi connectivity index (χ0) is 32.2. The molecule has 45 heavy (non-hydrogen) atoms. The van der Waals surface area contributed by atoms with Gasteiger partial charge in [-0.3, -0.25) is 0 Å².